The molecule has 0 aromatic heterocycles. The summed E-state index contributed by atoms with van der Waals surface area (Å²) in [4.78, 5) is 22.9. The van der Waals surface area contributed by atoms with Gasteiger partial charge in [-0.1, -0.05) is 6.07 Å². The van der Waals surface area contributed by atoms with Gasteiger partial charge in [0, 0.05) is 13.1 Å². The van der Waals surface area contributed by atoms with Gasteiger partial charge in [-0.05, 0) is 12.1 Å². The smallest absolute Gasteiger partial charge is 0.342 e. The average Bonchev–Trinajstić information content (AvgIpc) is 2.37. The van der Waals surface area contributed by atoms with Crippen LogP contribution in [0.3, 0.4) is 0 Å². The van der Waals surface area contributed by atoms with Crippen molar-refractivity contribution in [1.82, 2.24) is 0 Å². The molecule has 1 fully saturated rings. The number of hydrogen-bond donors (Lipinski definition) is 1. The van der Waals surface area contributed by atoms with E-state index in [0.717, 1.165) is 6.07 Å². The molecule has 1 aliphatic rings. The highest BCUT2D eigenvalue weighted by molar-refractivity contribution is 7.91. The SMILES string of the molecule is O=C(O)c1cccc(N2CCS(=O)(=O)CC2)c1[N+](=O)[O-]. The van der Waals surface area contributed by atoms with Crippen molar-refractivity contribution in [2.75, 3.05) is 29.5 Å². The van der Waals surface area contributed by atoms with Gasteiger partial charge in [-0.2, -0.15) is 0 Å². The number of carboxylic acid groups (broad SMARTS) is 1. The highest BCUT2D eigenvalue weighted by Gasteiger charge is 2.30. The number of nitro groups is 1. The van der Waals surface area contributed by atoms with Crippen LogP contribution < -0.4 is 4.90 Å². The summed E-state index contributed by atoms with van der Waals surface area (Å²) in [7, 11) is -3.11. The molecule has 0 amide bonds. The highest BCUT2D eigenvalue weighted by Crippen LogP contribution is 2.32. The lowest BCUT2D eigenvalue weighted by molar-refractivity contribution is -0.384. The van der Waals surface area contributed by atoms with Crippen molar-refractivity contribution in [3.63, 3.8) is 0 Å². The molecular formula is C11H12N2O6S. The van der Waals surface area contributed by atoms with Gasteiger partial charge in [0.25, 0.3) is 0 Å². The third-order valence-corrected chi connectivity index (χ3v) is 4.72. The number of carbonyl (C=O) groups is 1. The van der Waals surface area contributed by atoms with Crippen LogP contribution in [-0.2, 0) is 9.84 Å². The molecule has 0 unspecified atom stereocenters. The lowest BCUT2D eigenvalue weighted by atomic mass is 10.1. The van der Waals surface area contributed by atoms with Crippen LogP contribution in [0.4, 0.5) is 11.4 Å². The number of aromatic carboxylic acids is 1. The van der Waals surface area contributed by atoms with Crippen LogP contribution in [0.5, 0.6) is 0 Å². The third kappa shape index (κ3) is 2.72. The van der Waals surface area contributed by atoms with Gasteiger partial charge in [-0.3, -0.25) is 10.1 Å². The predicted molar refractivity (Wildman–Crippen MR) is 70.9 cm³/mol. The van der Waals surface area contributed by atoms with E-state index < -0.39 is 32.0 Å². The Morgan fingerprint density at radius 2 is 1.90 bits per heavy atom. The summed E-state index contributed by atoms with van der Waals surface area (Å²) in [5.74, 6) is -1.58. The van der Waals surface area contributed by atoms with Gasteiger partial charge in [0.1, 0.15) is 11.3 Å². The topological polar surface area (TPSA) is 118 Å². The minimum atomic E-state index is -3.11. The summed E-state index contributed by atoms with van der Waals surface area (Å²) in [6.45, 7) is 0.235. The predicted octanol–water partition coefficient (Wildman–Crippen LogP) is 0.528. The van der Waals surface area contributed by atoms with Crippen molar-refractivity contribution in [1.29, 1.82) is 0 Å². The first-order valence-corrected chi connectivity index (χ1v) is 7.60. The minimum Gasteiger partial charge on any atom is -0.477 e. The maximum Gasteiger partial charge on any atom is 0.342 e. The molecule has 0 bridgehead atoms. The van der Waals surface area contributed by atoms with Crippen LogP contribution in [0.1, 0.15) is 10.4 Å². The van der Waals surface area contributed by atoms with Gasteiger partial charge < -0.3 is 10.0 Å². The van der Waals surface area contributed by atoms with Gasteiger partial charge in [-0.25, -0.2) is 13.2 Å². The second-order valence-corrected chi connectivity index (χ2v) is 6.68. The van der Waals surface area contributed by atoms with Crippen LogP contribution in [0.2, 0.25) is 0 Å². The van der Waals surface area contributed by atoms with E-state index in [0.29, 0.717) is 0 Å². The quantitative estimate of drug-likeness (QED) is 0.638. The number of sulfone groups is 1. The van der Waals surface area contributed by atoms with Gasteiger partial charge in [-0.15, -0.1) is 0 Å². The second-order valence-electron chi connectivity index (χ2n) is 4.37. The Kier molecular flexibility index (Phi) is 3.62. The zero-order chi connectivity index (χ0) is 14.9. The largest absolute Gasteiger partial charge is 0.477 e. The fraction of sp³-hybridized carbons (Fsp3) is 0.364. The van der Waals surface area contributed by atoms with E-state index in [4.69, 9.17) is 5.11 Å². The summed E-state index contributed by atoms with van der Waals surface area (Å²) >= 11 is 0. The zero-order valence-corrected chi connectivity index (χ0v) is 11.2. The number of carboxylic acids is 1. The number of nitro benzene ring substituents is 1. The van der Waals surface area contributed by atoms with Crippen LogP contribution in [0.15, 0.2) is 18.2 Å². The Hall–Kier alpha value is -2.16. The number of nitrogens with zero attached hydrogens (tertiary/aromatic N) is 2. The molecule has 1 aromatic carbocycles. The molecular weight excluding hydrogens is 288 g/mol. The maximum atomic E-state index is 11.4. The first-order valence-electron chi connectivity index (χ1n) is 5.78. The average molecular weight is 300 g/mol. The second kappa shape index (κ2) is 5.08. The molecule has 0 atom stereocenters. The van der Waals surface area contributed by atoms with E-state index in [9.17, 15) is 23.3 Å². The van der Waals surface area contributed by atoms with E-state index in [1.165, 1.54) is 17.0 Å². The summed E-state index contributed by atoms with van der Waals surface area (Å²) in [5.41, 5.74) is -0.759. The van der Waals surface area contributed by atoms with Crippen molar-refractivity contribution in [3.05, 3.63) is 33.9 Å². The van der Waals surface area contributed by atoms with Crippen LogP contribution in [-0.4, -0.2) is 49.0 Å². The number of rotatable bonds is 3. The van der Waals surface area contributed by atoms with Gasteiger partial charge in [0.15, 0.2) is 9.84 Å². The molecule has 2 rings (SSSR count). The molecule has 0 spiro atoms. The maximum absolute atomic E-state index is 11.4. The van der Waals surface area contributed by atoms with Crippen molar-refractivity contribution in [2.24, 2.45) is 0 Å². The minimum absolute atomic E-state index is 0.0958. The Morgan fingerprint density at radius 3 is 2.40 bits per heavy atom. The molecule has 108 valence electrons. The van der Waals surface area contributed by atoms with E-state index in [1.807, 2.05) is 0 Å². The van der Waals surface area contributed by atoms with Gasteiger partial charge >= 0.3 is 11.7 Å². The van der Waals surface area contributed by atoms with Crippen molar-refractivity contribution in [2.45, 2.75) is 0 Å². The Labute approximate surface area is 114 Å². The fourth-order valence-electron chi connectivity index (χ4n) is 2.10. The molecule has 20 heavy (non-hydrogen) atoms. The number of benzene rings is 1. The molecule has 9 heteroatoms. The lowest BCUT2D eigenvalue weighted by Crippen LogP contribution is -2.40. The summed E-state index contributed by atoms with van der Waals surface area (Å²) < 4.78 is 22.7. The molecule has 1 saturated heterocycles. The van der Waals surface area contributed by atoms with Gasteiger partial charge in [0.05, 0.1) is 16.4 Å². The molecule has 1 heterocycles. The molecule has 0 radical (unpaired) electrons. The fourth-order valence-corrected chi connectivity index (χ4v) is 3.31. The van der Waals surface area contributed by atoms with E-state index in [-0.39, 0.29) is 30.3 Å². The Morgan fingerprint density at radius 1 is 1.30 bits per heavy atom. The van der Waals surface area contributed by atoms with E-state index in [1.54, 1.807) is 0 Å². The highest BCUT2D eigenvalue weighted by atomic mass is 32.2. The molecule has 0 saturated carbocycles. The summed E-state index contributed by atoms with van der Waals surface area (Å²) in [6, 6.07) is 4.00. The van der Waals surface area contributed by atoms with Crippen LogP contribution in [0.25, 0.3) is 0 Å². The first-order chi connectivity index (χ1) is 9.32. The van der Waals surface area contributed by atoms with E-state index >= 15 is 0 Å². The van der Waals surface area contributed by atoms with Crippen molar-refractivity contribution >= 4 is 27.2 Å². The molecule has 1 aliphatic heterocycles. The van der Waals surface area contributed by atoms with Crippen molar-refractivity contribution < 1.29 is 23.2 Å². The standard InChI is InChI=1S/C11H12N2O6S/c14-11(15)8-2-1-3-9(10(8)13(16)17)12-4-6-20(18,19)7-5-12/h1-3H,4-7H2,(H,14,15). The third-order valence-electron chi connectivity index (χ3n) is 3.11. The molecule has 0 aliphatic carbocycles. The van der Waals surface area contributed by atoms with Crippen molar-refractivity contribution in [3.8, 4) is 0 Å². The zero-order valence-electron chi connectivity index (χ0n) is 10.4. The number of para-hydroxylation sites is 1. The monoisotopic (exact) mass is 300 g/mol. The first kappa shape index (κ1) is 14.3. The molecule has 1 N–H and O–H groups in total. The van der Waals surface area contributed by atoms with Crippen LogP contribution >= 0.6 is 0 Å². The van der Waals surface area contributed by atoms with Gasteiger partial charge in [0.2, 0.25) is 0 Å². The lowest BCUT2D eigenvalue weighted by Gasteiger charge is -2.28. The normalized spacial score (nSPS) is 17.7. The number of hydrogen-bond acceptors (Lipinski definition) is 6. The number of anilines is 1. The Bertz CT molecular complexity index is 655. The Balaban J connectivity index is 2.45. The molecule has 1 aromatic rings. The van der Waals surface area contributed by atoms with Crippen LogP contribution in [0, 0.1) is 10.1 Å². The summed E-state index contributed by atoms with van der Waals surface area (Å²) in [5, 5.41) is 20.1. The molecule has 8 nitrogen and oxygen atoms in total. The summed E-state index contributed by atoms with van der Waals surface area (Å²) in [6.07, 6.45) is 0. The van der Waals surface area contributed by atoms with E-state index in [2.05, 4.69) is 0 Å².